The third-order valence-corrected chi connectivity index (χ3v) is 11.1. The molecule has 1 saturated carbocycles. The molecule has 0 unspecified atom stereocenters. The molecule has 6 aliphatic rings. The third-order valence-electron chi connectivity index (χ3n) is 6.84. The maximum atomic E-state index is 6.95. The summed E-state index contributed by atoms with van der Waals surface area (Å²) >= 11 is 40.2. The van der Waals surface area contributed by atoms with Gasteiger partial charge in [-0.3, -0.25) is 0 Å². The predicted molar refractivity (Wildman–Crippen MR) is 90.8 cm³/mol. The van der Waals surface area contributed by atoms with Gasteiger partial charge in [-0.05, 0) is 0 Å². The van der Waals surface area contributed by atoms with E-state index in [-0.39, 0.29) is 58.2 Å². The lowest BCUT2D eigenvalue weighted by atomic mass is 9.62. The van der Waals surface area contributed by atoms with E-state index in [4.69, 9.17) is 79.1 Å². The number of hydrogen-bond acceptors (Lipinski definition) is 2. The lowest BCUT2D eigenvalue weighted by Gasteiger charge is -2.42. The van der Waals surface area contributed by atoms with Crippen LogP contribution in [-0.2, 0) is 9.47 Å². The molecule has 10 atom stereocenters. The molecule has 2 nitrogen and oxygen atoms in total. The Labute approximate surface area is 162 Å². The van der Waals surface area contributed by atoms with Gasteiger partial charge in [-0.2, -0.15) is 0 Å². The summed E-state index contributed by atoms with van der Waals surface area (Å²) in [6.07, 6.45) is 4.09. The molecule has 2 aliphatic carbocycles. The first-order valence-electron chi connectivity index (χ1n) is 7.57. The van der Waals surface area contributed by atoms with E-state index in [0.29, 0.717) is 0 Å². The summed E-state index contributed by atoms with van der Waals surface area (Å²) in [5, 5.41) is 0.517. The molecule has 6 bridgehead atoms. The highest BCUT2D eigenvalue weighted by atomic mass is 35.5. The fourth-order valence-electron chi connectivity index (χ4n) is 6.12. The first-order valence-corrected chi connectivity index (χ1v) is 9.84. The molecule has 0 N–H and O–H groups in total. The first kappa shape index (κ1) is 15.2. The minimum atomic E-state index is -1.47. The van der Waals surface area contributed by atoms with E-state index >= 15 is 0 Å². The quantitative estimate of drug-likeness (QED) is 0.415. The monoisotopic (exact) mass is 432 g/mol. The molecule has 0 amide bonds. The lowest BCUT2D eigenvalue weighted by Crippen LogP contribution is -2.51. The summed E-state index contributed by atoms with van der Waals surface area (Å²) in [7, 11) is 0. The van der Waals surface area contributed by atoms with Crippen LogP contribution in [0.3, 0.4) is 0 Å². The van der Waals surface area contributed by atoms with E-state index in [1.165, 1.54) is 0 Å². The van der Waals surface area contributed by atoms with E-state index in [0.717, 1.165) is 0 Å². The van der Waals surface area contributed by atoms with Crippen LogP contribution in [-0.4, -0.2) is 38.5 Å². The maximum absolute atomic E-state index is 6.95. The Morgan fingerprint density at radius 2 is 1.17 bits per heavy atom. The summed E-state index contributed by atoms with van der Waals surface area (Å²) < 4.78 is 10.9. The number of fused-ring (bicyclic) bond motifs is 16. The van der Waals surface area contributed by atoms with Crippen molar-refractivity contribution in [1.29, 1.82) is 0 Å². The minimum absolute atomic E-state index is 0.0601. The lowest BCUT2D eigenvalue weighted by molar-refractivity contribution is 0.000562. The van der Waals surface area contributed by atoms with Crippen LogP contribution in [0.25, 0.3) is 0 Å². The molecule has 0 aromatic heterocycles. The van der Waals surface area contributed by atoms with E-state index in [9.17, 15) is 0 Å². The molecule has 0 spiro atoms. The zero-order chi connectivity index (χ0) is 16.1. The smallest absolute Gasteiger partial charge is 0.167 e. The van der Waals surface area contributed by atoms with Gasteiger partial charge in [0, 0.05) is 23.7 Å². The molecule has 4 aliphatic heterocycles. The highest BCUT2D eigenvalue weighted by molar-refractivity contribution is 6.65. The van der Waals surface area contributed by atoms with Crippen LogP contribution in [0.5, 0.6) is 0 Å². The average Bonchev–Trinajstić information content (AvgIpc) is 3.28. The van der Waals surface area contributed by atoms with Gasteiger partial charge in [-0.15, -0.1) is 23.2 Å². The third kappa shape index (κ3) is 1.22. The predicted octanol–water partition coefficient (Wildman–Crippen LogP) is 4.41. The Balaban J connectivity index is 1.58. The SMILES string of the molecule is ClC1=C(Cl)[C@]2(Cl)[C@@H]3[C@@H]4O[C@@H]([C@@H]5[C@H]4[C@H]4C=C[C@@H]5O4)[C@@H]3[C@@]1(Cl)C2(Cl)Cl. The minimum Gasteiger partial charge on any atom is -0.373 e. The van der Waals surface area contributed by atoms with Crippen LogP contribution in [0.2, 0.25) is 0 Å². The van der Waals surface area contributed by atoms with Crippen molar-refractivity contribution < 1.29 is 9.47 Å². The number of rotatable bonds is 0. The second kappa shape index (κ2) is 4.02. The van der Waals surface area contributed by atoms with Crippen molar-refractivity contribution in [3.05, 3.63) is 22.2 Å². The largest absolute Gasteiger partial charge is 0.373 e. The van der Waals surface area contributed by atoms with Crippen molar-refractivity contribution in [3.63, 3.8) is 0 Å². The number of ether oxygens (including phenoxy) is 2. The van der Waals surface area contributed by atoms with Crippen molar-refractivity contribution in [1.82, 2.24) is 0 Å². The number of allylic oxidation sites excluding steroid dienone is 2. The standard InChI is InChI=1S/C15H10Cl6O2/c16-11-12(17)14(19)8-7(13(11,18)15(14,20)21)9-5-3-1-2-4(22-3)6(5)10(8)23-9/h1-10H/t3-,4+,5-,6+,7+,8-,9-,10+,13-,14+. The molecular weight excluding hydrogens is 425 g/mol. The molecule has 124 valence electrons. The zero-order valence-corrected chi connectivity index (χ0v) is 15.9. The summed E-state index contributed by atoms with van der Waals surface area (Å²) in [5.74, 6) is 0.154. The van der Waals surface area contributed by atoms with Crippen LogP contribution in [0, 0.1) is 23.7 Å². The van der Waals surface area contributed by atoms with Crippen LogP contribution in [0.15, 0.2) is 22.2 Å². The summed E-state index contributed by atoms with van der Waals surface area (Å²) in [5.41, 5.74) is 0. The summed E-state index contributed by atoms with van der Waals surface area (Å²) in [4.78, 5) is -2.45. The van der Waals surface area contributed by atoms with Crippen LogP contribution >= 0.6 is 69.6 Å². The zero-order valence-electron chi connectivity index (χ0n) is 11.4. The number of hydrogen-bond donors (Lipinski definition) is 0. The number of alkyl halides is 4. The second-order valence-electron chi connectivity index (χ2n) is 7.35. The molecule has 0 aromatic carbocycles. The van der Waals surface area contributed by atoms with Crippen LogP contribution < -0.4 is 0 Å². The highest BCUT2D eigenvalue weighted by Gasteiger charge is 2.89. The van der Waals surface area contributed by atoms with E-state index in [1.807, 2.05) is 0 Å². The van der Waals surface area contributed by atoms with Gasteiger partial charge in [-0.1, -0.05) is 58.6 Å². The highest BCUT2D eigenvalue weighted by Crippen LogP contribution is 2.82. The van der Waals surface area contributed by atoms with Crippen molar-refractivity contribution >= 4 is 69.6 Å². The van der Waals surface area contributed by atoms with Gasteiger partial charge >= 0.3 is 0 Å². The van der Waals surface area contributed by atoms with E-state index < -0.39 is 14.1 Å². The average molecular weight is 435 g/mol. The fourth-order valence-corrected chi connectivity index (χ4v) is 9.18. The van der Waals surface area contributed by atoms with Gasteiger partial charge in [0.15, 0.2) is 4.33 Å². The molecule has 6 rings (SSSR count). The number of halogens is 6. The normalized spacial score (nSPS) is 65.8. The van der Waals surface area contributed by atoms with Crippen molar-refractivity contribution in [2.24, 2.45) is 23.7 Å². The van der Waals surface area contributed by atoms with Crippen LogP contribution in [0.1, 0.15) is 0 Å². The van der Waals surface area contributed by atoms with Gasteiger partial charge < -0.3 is 9.47 Å². The van der Waals surface area contributed by atoms with Crippen LogP contribution in [0.4, 0.5) is 0 Å². The van der Waals surface area contributed by atoms with Crippen molar-refractivity contribution in [2.75, 3.05) is 0 Å². The molecule has 4 fully saturated rings. The Kier molecular flexibility index (Phi) is 2.66. The van der Waals surface area contributed by atoms with Gasteiger partial charge in [0.1, 0.15) is 9.75 Å². The molecule has 0 aromatic rings. The van der Waals surface area contributed by atoms with Gasteiger partial charge in [0.25, 0.3) is 0 Å². The first-order chi connectivity index (χ1) is 10.8. The molecule has 4 heterocycles. The molecule has 8 heteroatoms. The molecule has 0 radical (unpaired) electrons. The van der Waals surface area contributed by atoms with Crippen molar-refractivity contribution in [3.8, 4) is 0 Å². The topological polar surface area (TPSA) is 18.5 Å². The molecular formula is C15H10Cl6O2. The molecule has 23 heavy (non-hydrogen) atoms. The Hall–Kier alpha value is 1.14. The van der Waals surface area contributed by atoms with Gasteiger partial charge in [0.2, 0.25) is 0 Å². The summed E-state index contributed by atoms with van der Waals surface area (Å²) in [6, 6.07) is 0. The second-order valence-corrected chi connectivity index (χ2v) is 10.6. The van der Waals surface area contributed by atoms with Crippen molar-refractivity contribution in [2.45, 2.75) is 38.5 Å². The Bertz CT molecular complexity index is 667. The molecule has 3 saturated heterocycles. The fraction of sp³-hybridized carbons (Fsp3) is 0.733. The van der Waals surface area contributed by atoms with Gasteiger partial charge in [-0.25, -0.2) is 0 Å². The summed E-state index contributed by atoms with van der Waals surface area (Å²) in [6.45, 7) is 0. The van der Waals surface area contributed by atoms with Gasteiger partial charge in [0.05, 0.1) is 34.5 Å². The maximum Gasteiger partial charge on any atom is 0.167 e. The van der Waals surface area contributed by atoms with E-state index in [2.05, 4.69) is 12.2 Å². The van der Waals surface area contributed by atoms with E-state index in [1.54, 1.807) is 0 Å². The Morgan fingerprint density at radius 1 is 0.739 bits per heavy atom. The Morgan fingerprint density at radius 3 is 1.61 bits per heavy atom.